The van der Waals surface area contributed by atoms with E-state index >= 15 is 0 Å². The van der Waals surface area contributed by atoms with Gasteiger partial charge in [0.25, 0.3) is 0 Å². The molecule has 0 radical (unpaired) electrons. The normalized spacial score (nSPS) is 22.3. The summed E-state index contributed by atoms with van der Waals surface area (Å²) in [5.74, 6) is 0.686. The number of nitrogens with zero attached hydrogens (tertiary/aromatic N) is 2. The summed E-state index contributed by atoms with van der Waals surface area (Å²) in [6.45, 7) is 1.58. The highest BCUT2D eigenvalue weighted by Gasteiger charge is 2.31. The molecule has 0 N–H and O–H groups in total. The molecule has 1 atom stereocenters. The third-order valence-electron chi connectivity index (χ3n) is 4.43. The Morgan fingerprint density at radius 2 is 2.04 bits per heavy atom. The minimum absolute atomic E-state index is 0.00558. The molecule has 1 aromatic carbocycles. The molecular weight excluding hydrogens is 328 g/mol. The number of amides is 2. The van der Waals surface area contributed by atoms with Crippen molar-refractivity contribution in [1.82, 2.24) is 9.80 Å². The Bertz CT molecular complexity index is 590. The molecule has 2 aliphatic rings. The standard InChI is InChI=1S/C17H20N2O2S2/c20-15(11-19-16(21)12-23-17(19)22)18-9-5-4-8-14(10-18)13-6-2-1-3-7-13/h1-3,6-7,14H,4-5,8-12H2. The molecule has 6 heteroatoms. The van der Waals surface area contributed by atoms with Crippen molar-refractivity contribution >= 4 is 40.1 Å². The largest absolute Gasteiger partial charge is 0.341 e. The van der Waals surface area contributed by atoms with Crippen LogP contribution in [-0.4, -0.2) is 51.3 Å². The van der Waals surface area contributed by atoms with Crippen molar-refractivity contribution in [3.8, 4) is 0 Å². The van der Waals surface area contributed by atoms with Gasteiger partial charge in [-0.2, -0.15) is 0 Å². The van der Waals surface area contributed by atoms with Crippen LogP contribution in [0, 0.1) is 0 Å². The molecule has 4 nitrogen and oxygen atoms in total. The summed E-state index contributed by atoms with van der Waals surface area (Å²) in [4.78, 5) is 27.8. The average Bonchev–Trinajstić information content (AvgIpc) is 2.79. The second-order valence-electron chi connectivity index (χ2n) is 5.98. The lowest BCUT2D eigenvalue weighted by atomic mass is 9.94. The van der Waals surface area contributed by atoms with Crippen LogP contribution in [0.2, 0.25) is 0 Å². The first kappa shape index (κ1) is 16.5. The highest BCUT2D eigenvalue weighted by Crippen LogP contribution is 2.27. The molecule has 2 amide bonds. The van der Waals surface area contributed by atoms with Gasteiger partial charge in [-0.1, -0.05) is 60.7 Å². The van der Waals surface area contributed by atoms with E-state index in [4.69, 9.17) is 12.2 Å². The summed E-state index contributed by atoms with van der Waals surface area (Å²) in [6.07, 6.45) is 3.24. The Kier molecular flexibility index (Phi) is 5.33. The molecule has 2 fully saturated rings. The number of benzene rings is 1. The summed E-state index contributed by atoms with van der Waals surface area (Å²) < 4.78 is 0.526. The van der Waals surface area contributed by atoms with Gasteiger partial charge in [0.2, 0.25) is 11.8 Å². The van der Waals surface area contributed by atoms with Crippen molar-refractivity contribution in [2.24, 2.45) is 0 Å². The third-order valence-corrected chi connectivity index (χ3v) is 5.86. The van der Waals surface area contributed by atoms with Gasteiger partial charge in [-0.3, -0.25) is 14.5 Å². The van der Waals surface area contributed by atoms with Crippen molar-refractivity contribution < 1.29 is 9.59 Å². The van der Waals surface area contributed by atoms with E-state index in [1.165, 1.54) is 22.2 Å². The van der Waals surface area contributed by atoms with E-state index in [2.05, 4.69) is 12.1 Å². The maximum Gasteiger partial charge on any atom is 0.242 e. The maximum absolute atomic E-state index is 12.6. The van der Waals surface area contributed by atoms with Crippen LogP contribution >= 0.6 is 24.0 Å². The Labute approximate surface area is 146 Å². The smallest absolute Gasteiger partial charge is 0.242 e. The molecule has 2 saturated heterocycles. The quantitative estimate of drug-likeness (QED) is 0.788. The van der Waals surface area contributed by atoms with E-state index in [9.17, 15) is 9.59 Å². The lowest BCUT2D eigenvalue weighted by Crippen LogP contribution is -2.43. The Balaban J connectivity index is 1.67. The third kappa shape index (κ3) is 3.93. The summed E-state index contributed by atoms with van der Waals surface area (Å²) in [6, 6.07) is 10.4. The number of hydrogen-bond acceptors (Lipinski definition) is 4. The zero-order valence-electron chi connectivity index (χ0n) is 12.9. The lowest BCUT2D eigenvalue weighted by Gasteiger charge is -2.26. The van der Waals surface area contributed by atoms with Crippen LogP contribution < -0.4 is 0 Å². The maximum atomic E-state index is 12.6. The zero-order chi connectivity index (χ0) is 16.2. The predicted molar refractivity (Wildman–Crippen MR) is 96.4 cm³/mol. The fourth-order valence-electron chi connectivity index (χ4n) is 3.13. The lowest BCUT2D eigenvalue weighted by molar-refractivity contribution is -0.136. The van der Waals surface area contributed by atoms with Gasteiger partial charge in [-0.25, -0.2) is 0 Å². The molecule has 0 spiro atoms. The average molecular weight is 348 g/mol. The summed E-state index contributed by atoms with van der Waals surface area (Å²) in [5.41, 5.74) is 1.29. The second kappa shape index (κ2) is 7.45. The number of hydrogen-bond donors (Lipinski definition) is 0. The number of carbonyl (C=O) groups excluding carboxylic acids is 2. The van der Waals surface area contributed by atoms with Crippen LogP contribution in [0.4, 0.5) is 0 Å². The molecule has 2 aliphatic heterocycles. The molecule has 122 valence electrons. The number of carbonyl (C=O) groups is 2. The van der Waals surface area contributed by atoms with Crippen LogP contribution in [0.1, 0.15) is 30.7 Å². The Hall–Kier alpha value is -1.40. The van der Waals surface area contributed by atoms with Crippen LogP contribution in [0.3, 0.4) is 0 Å². The molecule has 1 aromatic rings. The zero-order valence-corrected chi connectivity index (χ0v) is 14.6. The molecule has 0 aliphatic carbocycles. The fraction of sp³-hybridized carbons (Fsp3) is 0.471. The van der Waals surface area contributed by atoms with E-state index in [-0.39, 0.29) is 18.4 Å². The molecule has 3 rings (SSSR count). The molecule has 0 aromatic heterocycles. The Morgan fingerprint density at radius 3 is 2.74 bits per heavy atom. The molecule has 23 heavy (non-hydrogen) atoms. The second-order valence-corrected chi connectivity index (χ2v) is 7.59. The van der Waals surface area contributed by atoms with Crippen molar-refractivity contribution in [3.63, 3.8) is 0 Å². The van der Waals surface area contributed by atoms with E-state index < -0.39 is 0 Å². The molecule has 0 bridgehead atoms. The number of thioether (sulfide) groups is 1. The highest BCUT2D eigenvalue weighted by molar-refractivity contribution is 8.23. The van der Waals surface area contributed by atoms with E-state index in [0.29, 0.717) is 16.0 Å². The first-order valence-corrected chi connectivity index (χ1v) is 9.34. The minimum Gasteiger partial charge on any atom is -0.341 e. The number of rotatable bonds is 3. The minimum atomic E-state index is -0.0530. The highest BCUT2D eigenvalue weighted by atomic mass is 32.2. The molecular formula is C17H20N2O2S2. The van der Waals surface area contributed by atoms with Gasteiger partial charge >= 0.3 is 0 Å². The van der Waals surface area contributed by atoms with Gasteiger partial charge < -0.3 is 4.90 Å². The summed E-state index contributed by atoms with van der Waals surface area (Å²) in [7, 11) is 0. The van der Waals surface area contributed by atoms with Crippen LogP contribution in [-0.2, 0) is 9.59 Å². The monoisotopic (exact) mass is 348 g/mol. The van der Waals surface area contributed by atoms with Crippen molar-refractivity contribution in [3.05, 3.63) is 35.9 Å². The summed E-state index contributed by atoms with van der Waals surface area (Å²) >= 11 is 6.50. The first-order chi connectivity index (χ1) is 11.1. The van der Waals surface area contributed by atoms with Crippen LogP contribution in [0.5, 0.6) is 0 Å². The molecule has 0 saturated carbocycles. The summed E-state index contributed by atoms with van der Waals surface area (Å²) in [5, 5.41) is 0. The van der Waals surface area contributed by atoms with Crippen molar-refractivity contribution in [2.75, 3.05) is 25.4 Å². The van der Waals surface area contributed by atoms with Gasteiger partial charge in [0.15, 0.2) is 0 Å². The van der Waals surface area contributed by atoms with E-state index in [1.807, 2.05) is 23.1 Å². The topological polar surface area (TPSA) is 40.6 Å². The first-order valence-electron chi connectivity index (χ1n) is 7.95. The van der Waals surface area contributed by atoms with Gasteiger partial charge in [0.1, 0.15) is 10.9 Å². The SMILES string of the molecule is O=C(CN1C(=O)CSC1=S)N1CCCCC(c2ccccc2)C1. The molecule has 1 unspecified atom stereocenters. The van der Waals surface area contributed by atoms with Gasteiger partial charge in [-0.15, -0.1) is 0 Å². The van der Waals surface area contributed by atoms with Crippen LogP contribution in [0.15, 0.2) is 30.3 Å². The van der Waals surface area contributed by atoms with Crippen molar-refractivity contribution in [2.45, 2.75) is 25.2 Å². The van der Waals surface area contributed by atoms with Gasteiger partial charge in [0.05, 0.1) is 5.75 Å². The Morgan fingerprint density at radius 1 is 1.26 bits per heavy atom. The number of likely N-dealkylation sites (tertiary alicyclic amines) is 1. The number of thiocarbonyl (C=S) groups is 1. The van der Waals surface area contributed by atoms with E-state index in [0.717, 1.165) is 32.4 Å². The predicted octanol–water partition coefficient (Wildman–Crippen LogP) is 2.64. The van der Waals surface area contributed by atoms with Gasteiger partial charge in [-0.05, 0) is 18.4 Å². The fourth-order valence-corrected chi connectivity index (χ4v) is 4.20. The van der Waals surface area contributed by atoms with Crippen LogP contribution in [0.25, 0.3) is 0 Å². The van der Waals surface area contributed by atoms with E-state index in [1.54, 1.807) is 0 Å². The van der Waals surface area contributed by atoms with Crippen molar-refractivity contribution in [1.29, 1.82) is 0 Å². The van der Waals surface area contributed by atoms with Gasteiger partial charge in [0, 0.05) is 19.0 Å². The molecule has 2 heterocycles.